The number of fused-ring (bicyclic) bond motifs is 1. The van der Waals surface area contributed by atoms with E-state index in [0.717, 1.165) is 14.6 Å². The zero-order chi connectivity index (χ0) is 14.2. The van der Waals surface area contributed by atoms with E-state index in [1.165, 1.54) is 23.7 Å². The van der Waals surface area contributed by atoms with Crippen LogP contribution in [-0.4, -0.2) is 29.9 Å². The fraction of sp³-hybridized carbons (Fsp3) is 0.0909. The monoisotopic (exact) mass is 326 g/mol. The Morgan fingerprint density at radius 2 is 2.25 bits per heavy atom. The molecule has 2 aromatic heterocycles. The Morgan fingerprint density at radius 3 is 2.95 bits per heavy atom. The minimum Gasteiger partial charge on any atom is -0.284 e. The highest BCUT2D eigenvalue weighted by atomic mass is 32.2. The van der Waals surface area contributed by atoms with Crippen molar-refractivity contribution >= 4 is 49.0 Å². The van der Waals surface area contributed by atoms with Gasteiger partial charge in [-0.05, 0) is 24.5 Å². The van der Waals surface area contributed by atoms with Gasteiger partial charge in [0.05, 0.1) is 22.1 Å². The molecule has 2 N–H and O–H groups in total. The van der Waals surface area contributed by atoms with Crippen molar-refractivity contribution in [2.24, 2.45) is 0 Å². The van der Waals surface area contributed by atoms with Crippen molar-refractivity contribution in [1.29, 1.82) is 0 Å². The van der Waals surface area contributed by atoms with Gasteiger partial charge >= 0.3 is 0 Å². The zero-order valence-corrected chi connectivity index (χ0v) is 12.8. The van der Waals surface area contributed by atoms with Crippen molar-refractivity contribution in [1.82, 2.24) is 15.2 Å². The smallest absolute Gasteiger partial charge is 0.265 e. The Labute approximate surface area is 123 Å². The van der Waals surface area contributed by atoms with E-state index in [0.29, 0.717) is 5.69 Å². The molecule has 3 rings (SSSR count). The molecule has 9 heteroatoms. The second-order valence-electron chi connectivity index (χ2n) is 3.91. The fourth-order valence-electron chi connectivity index (χ4n) is 1.65. The van der Waals surface area contributed by atoms with Gasteiger partial charge in [0.25, 0.3) is 10.0 Å². The van der Waals surface area contributed by atoms with Crippen LogP contribution in [0.2, 0.25) is 0 Å². The fourth-order valence-corrected chi connectivity index (χ4v) is 4.14. The van der Waals surface area contributed by atoms with Crippen LogP contribution in [0.5, 0.6) is 0 Å². The highest BCUT2D eigenvalue weighted by molar-refractivity contribution is 8.00. The molecule has 104 valence electrons. The van der Waals surface area contributed by atoms with Crippen LogP contribution in [0.3, 0.4) is 0 Å². The van der Waals surface area contributed by atoms with Crippen LogP contribution in [0.4, 0.5) is 5.69 Å². The molecular weight excluding hydrogens is 316 g/mol. The van der Waals surface area contributed by atoms with Gasteiger partial charge in [-0.3, -0.25) is 9.82 Å². The van der Waals surface area contributed by atoms with E-state index >= 15 is 0 Å². The summed E-state index contributed by atoms with van der Waals surface area (Å²) in [6, 6.07) is 5.28. The first-order valence-electron chi connectivity index (χ1n) is 5.55. The molecule has 0 spiro atoms. The van der Waals surface area contributed by atoms with Crippen LogP contribution < -0.4 is 4.72 Å². The number of aromatic nitrogens is 3. The second kappa shape index (κ2) is 5.08. The van der Waals surface area contributed by atoms with Gasteiger partial charge in [-0.1, -0.05) is 11.8 Å². The van der Waals surface area contributed by atoms with Gasteiger partial charge in [-0.2, -0.15) is 5.10 Å². The van der Waals surface area contributed by atoms with Crippen molar-refractivity contribution in [2.75, 3.05) is 11.0 Å². The molecule has 0 aliphatic carbocycles. The number of sulfonamides is 1. The summed E-state index contributed by atoms with van der Waals surface area (Å²) in [6.07, 6.45) is 4.55. The first-order chi connectivity index (χ1) is 9.58. The molecular formula is C11H10N4O2S3. The van der Waals surface area contributed by atoms with Crippen molar-refractivity contribution in [3.05, 3.63) is 30.6 Å². The van der Waals surface area contributed by atoms with Gasteiger partial charge in [0.1, 0.15) is 4.90 Å². The molecule has 3 aromatic rings. The average Bonchev–Trinajstić information content (AvgIpc) is 3.07. The van der Waals surface area contributed by atoms with E-state index in [-0.39, 0.29) is 4.90 Å². The Hall–Kier alpha value is -1.58. The highest BCUT2D eigenvalue weighted by Crippen LogP contribution is 2.30. The van der Waals surface area contributed by atoms with Crippen molar-refractivity contribution in [2.45, 2.75) is 9.24 Å². The number of hydrogen-bond donors (Lipinski definition) is 2. The minimum absolute atomic E-state index is 0.103. The maximum Gasteiger partial charge on any atom is 0.265 e. The minimum atomic E-state index is -3.60. The molecule has 0 saturated carbocycles. The summed E-state index contributed by atoms with van der Waals surface area (Å²) < 4.78 is 28.6. The van der Waals surface area contributed by atoms with Gasteiger partial charge < -0.3 is 0 Å². The third kappa shape index (κ3) is 2.51. The lowest BCUT2D eigenvalue weighted by Gasteiger charge is -2.05. The van der Waals surface area contributed by atoms with Crippen molar-refractivity contribution < 1.29 is 8.42 Å². The summed E-state index contributed by atoms with van der Waals surface area (Å²) in [4.78, 5) is 4.51. The molecule has 0 saturated heterocycles. The number of aromatic amines is 1. The van der Waals surface area contributed by atoms with Crippen LogP contribution in [0, 0.1) is 0 Å². The van der Waals surface area contributed by atoms with Gasteiger partial charge in [0.15, 0.2) is 4.34 Å². The Bertz CT molecular complexity index is 840. The molecule has 6 nitrogen and oxygen atoms in total. The molecule has 0 radical (unpaired) electrons. The summed E-state index contributed by atoms with van der Waals surface area (Å²) >= 11 is 3.10. The zero-order valence-electron chi connectivity index (χ0n) is 10.3. The summed E-state index contributed by atoms with van der Waals surface area (Å²) in [5, 5.41) is 6.12. The van der Waals surface area contributed by atoms with Gasteiger partial charge in [-0.25, -0.2) is 13.4 Å². The summed E-state index contributed by atoms with van der Waals surface area (Å²) in [6.45, 7) is 0. The highest BCUT2D eigenvalue weighted by Gasteiger charge is 2.15. The molecule has 1 aromatic carbocycles. The molecule has 0 aliphatic rings. The molecule has 0 bridgehead atoms. The lowest BCUT2D eigenvalue weighted by Crippen LogP contribution is -2.11. The van der Waals surface area contributed by atoms with Crippen molar-refractivity contribution in [3.63, 3.8) is 0 Å². The standard InChI is InChI=1S/C11H10N4O2S3/c1-18-11-14-9-3-2-7(4-10(9)19-11)15-20(16,17)8-5-12-13-6-8/h2-6,15H,1H3,(H,12,13). The van der Waals surface area contributed by atoms with E-state index in [1.54, 1.807) is 30.0 Å². The topological polar surface area (TPSA) is 87.7 Å². The third-order valence-corrected chi connectivity index (χ3v) is 5.93. The van der Waals surface area contributed by atoms with Crippen LogP contribution in [0.25, 0.3) is 10.2 Å². The first-order valence-corrected chi connectivity index (χ1v) is 9.07. The molecule has 0 fully saturated rings. The number of benzene rings is 1. The number of thiazole rings is 1. The number of nitrogens with one attached hydrogen (secondary N) is 2. The molecule has 20 heavy (non-hydrogen) atoms. The average molecular weight is 326 g/mol. The number of H-pyrrole nitrogens is 1. The quantitative estimate of drug-likeness (QED) is 0.719. The van der Waals surface area contributed by atoms with Gasteiger partial charge in [-0.15, -0.1) is 11.3 Å². The summed E-state index contributed by atoms with van der Waals surface area (Å²) in [5.41, 5.74) is 1.38. The third-order valence-electron chi connectivity index (χ3n) is 2.58. The number of hydrogen-bond acceptors (Lipinski definition) is 6. The predicted octanol–water partition coefficient (Wildman–Crippen LogP) is 2.54. The van der Waals surface area contributed by atoms with Crippen LogP contribution in [0.15, 0.2) is 39.8 Å². The Morgan fingerprint density at radius 1 is 1.40 bits per heavy atom. The van der Waals surface area contributed by atoms with Crippen LogP contribution >= 0.6 is 23.1 Å². The second-order valence-corrected chi connectivity index (χ2v) is 7.67. The van der Waals surface area contributed by atoms with Gasteiger partial charge in [0, 0.05) is 6.20 Å². The normalized spacial score (nSPS) is 11.8. The van der Waals surface area contributed by atoms with E-state index in [2.05, 4.69) is 19.9 Å². The Kier molecular flexibility index (Phi) is 3.40. The van der Waals surface area contributed by atoms with E-state index in [1.807, 2.05) is 6.26 Å². The number of anilines is 1. The predicted molar refractivity (Wildman–Crippen MR) is 80.8 cm³/mol. The maximum absolute atomic E-state index is 12.1. The van der Waals surface area contributed by atoms with E-state index in [4.69, 9.17) is 0 Å². The van der Waals surface area contributed by atoms with Gasteiger partial charge in [0.2, 0.25) is 0 Å². The number of thioether (sulfide) groups is 1. The number of rotatable bonds is 4. The molecule has 0 atom stereocenters. The SMILES string of the molecule is CSc1nc2ccc(NS(=O)(=O)c3cn[nH]c3)cc2s1. The van der Waals surface area contributed by atoms with E-state index in [9.17, 15) is 8.42 Å². The molecule has 0 unspecified atom stereocenters. The summed E-state index contributed by atoms with van der Waals surface area (Å²) in [7, 11) is -3.60. The maximum atomic E-state index is 12.1. The lowest BCUT2D eigenvalue weighted by atomic mass is 10.3. The lowest BCUT2D eigenvalue weighted by molar-refractivity contribution is 0.601. The number of nitrogens with zero attached hydrogens (tertiary/aromatic N) is 2. The van der Waals surface area contributed by atoms with E-state index < -0.39 is 10.0 Å². The largest absolute Gasteiger partial charge is 0.284 e. The first kappa shape index (κ1) is 13.4. The molecule has 0 aliphatic heterocycles. The molecule has 2 heterocycles. The molecule has 0 amide bonds. The van der Waals surface area contributed by atoms with Crippen LogP contribution in [-0.2, 0) is 10.0 Å². The summed E-state index contributed by atoms with van der Waals surface area (Å²) in [5.74, 6) is 0. The van der Waals surface area contributed by atoms with Crippen LogP contribution in [0.1, 0.15) is 0 Å². The van der Waals surface area contributed by atoms with Crippen molar-refractivity contribution in [3.8, 4) is 0 Å². The Balaban J connectivity index is 1.95.